The minimum Gasteiger partial charge on any atom is -0.299 e. The van der Waals surface area contributed by atoms with E-state index in [0.717, 1.165) is 42.6 Å². The van der Waals surface area contributed by atoms with Crippen molar-refractivity contribution in [2.24, 2.45) is 11.8 Å². The van der Waals surface area contributed by atoms with Crippen molar-refractivity contribution in [2.75, 3.05) is 13.1 Å². The normalized spacial score (nSPS) is 24.1. The van der Waals surface area contributed by atoms with Crippen molar-refractivity contribution < 1.29 is 0 Å². The minimum absolute atomic E-state index is 0.648. The van der Waals surface area contributed by atoms with Crippen LogP contribution in [0.2, 0.25) is 5.15 Å². The van der Waals surface area contributed by atoms with Crippen LogP contribution in [0.1, 0.15) is 25.8 Å². The molecule has 0 amide bonds. The van der Waals surface area contributed by atoms with Gasteiger partial charge >= 0.3 is 0 Å². The molecule has 2 heterocycles. The molecule has 1 aliphatic rings. The number of nitrogens with zero attached hydrogens (tertiary/aromatic N) is 2. The average Bonchev–Trinajstić information content (AvgIpc) is 2.44. The molecule has 2 atom stereocenters. The van der Waals surface area contributed by atoms with E-state index in [4.69, 9.17) is 11.6 Å². The third-order valence-electron chi connectivity index (χ3n) is 4.56. The van der Waals surface area contributed by atoms with Gasteiger partial charge in [-0.05, 0) is 36.9 Å². The number of piperidine rings is 1. The zero-order chi connectivity index (χ0) is 14.1. The first kappa shape index (κ1) is 13.8. The zero-order valence-electron chi connectivity index (χ0n) is 12.1. The van der Waals surface area contributed by atoms with E-state index < -0.39 is 0 Å². The fourth-order valence-electron chi connectivity index (χ4n) is 2.98. The second-order valence-electron chi connectivity index (χ2n) is 6.11. The Morgan fingerprint density at radius 1 is 1.25 bits per heavy atom. The molecule has 0 spiro atoms. The van der Waals surface area contributed by atoms with Gasteiger partial charge in [-0.3, -0.25) is 4.90 Å². The molecule has 20 heavy (non-hydrogen) atoms. The smallest absolute Gasteiger partial charge is 0.134 e. The van der Waals surface area contributed by atoms with Gasteiger partial charge in [0.25, 0.3) is 0 Å². The minimum atomic E-state index is 0.648. The maximum atomic E-state index is 6.35. The standard InChI is InChI=1S/C17H21ClN2/c1-12-7-8-20(10-13(12)2)11-15-9-14-5-3-4-6-16(14)19-17(15)18/h3-6,9,12-13H,7-8,10-11H2,1-2H3. The lowest BCUT2D eigenvalue weighted by Crippen LogP contribution is -2.37. The summed E-state index contributed by atoms with van der Waals surface area (Å²) >= 11 is 6.35. The molecule has 1 aliphatic heterocycles. The lowest BCUT2D eigenvalue weighted by Gasteiger charge is -2.35. The topological polar surface area (TPSA) is 16.1 Å². The van der Waals surface area contributed by atoms with Crippen LogP contribution in [-0.2, 0) is 6.54 Å². The predicted molar refractivity (Wildman–Crippen MR) is 85.0 cm³/mol. The Morgan fingerprint density at radius 2 is 2.05 bits per heavy atom. The maximum absolute atomic E-state index is 6.35. The highest BCUT2D eigenvalue weighted by Crippen LogP contribution is 2.26. The van der Waals surface area contributed by atoms with Crippen LogP contribution >= 0.6 is 11.6 Å². The molecule has 0 saturated carbocycles. The number of rotatable bonds is 2. The molecular formula is C17H21ClN2. The highest BCUT2D eigenvalue weighted by Gasteiger charge is 2.23. The first-order chi connectivity index (χ1) is 9.63. The molecule has 3 rings (SSSR count). The molecule has 106 valence electrons. The van der Waals surface area contributed by atoms with Crippen molar-refractivity contribution in [2.45, 2.75) is 26.8 Å². The molecule has 0 bridgehead atoms. The summed E-state index contributed by atoms with van der Waals surface area (Å²) in [7, 11) is 0. The summed E-state index contributed by atoms with van der Waals surface area (Å²) in [6, 6.07) is 10.3. The number of para-hydroxylation sites is 1. The highest BCUT2D eigenvalue weighted by atomic mass is 35.5. The van der Waals surface area contributed by atoms with E-state index in [-0.39, 0.29) is 0 Å². The number of aromatic nitrogens is 1. The summed E-state index contributed by atoms with van der Waals surface area (Å²) in [6.45, 7) is 7.93. The van der Waals surface area contributed by atoms with E-state index in [1.165, 1.54) is 11.8 Å². The number of halogens is 1. The van der Waals surface area contributed by atoms with Crippen LogP contribution in [0.15, 0.2) is 30.3 Å². The van der Waals surface area contributed by atoms with Gasteiger partial charge in [-0.15, -0.1) is 0 Å². The van der Waals surface area contributed by atoms with Crippen molar-refractivity contribution in [3.05, 3.63) is 41.0 Å². The molecule has 2 unspecified atom stereocenters. The van der Waals surface area contributed by atoms with Crippen molar-refractivity contribution >= 4 is 22.5 Å². The van der Waals surface area contributed by atoms with Crippen LogP contribution in [-0.4, -0.2) is 23.0 Å². The molecule has 1 saturated heterocycles. The van der Waals surface area contributed by atoms with Crippen LogP contribution in [0.25, 0.3) is 10.9 Å². The maximum Gasteiger partial charge on any atom is 0.134 e. The molecule has 2 nitrogen and oxygen atoms in total. The van der Waals surface area contributed by atoms with Crippen molar-refractivity contribution in [1.29, 1.82) is 0 Å². The largest absolute Gasteiger partial charge is 0.299 e. The Labute approximate surface area is 125 Å². The van der Waals surface area contributed by atoms with Crippen LogP contribution < -0.4 is 0 Å². The molecule has 3 heteroatoms. The van der Waals surface area contributed by atoms with Crippen LogP contribution in [0.3, 0.4) is 0 Å². The summed E-state index contributed by atoms with van der Waals surface area (Å²) in [5, 5.41) is 1.82. The summed E-state index contributed by atoms with van der Waals surface area (Å²) in [5.41, 5.74) is 2.12. The Morgan fingerprint density at radius 3 is 2.85 bits per heavy atom. The van der Waals surface area contributed by atoms with E-state index in [0.29, 0.717) is 5.15 Å². The molecule has 0 radical (unpaired) electrons. The highest BCUT2D eigenvalue weighted by molar-refractivity contribution is 6.30. The number of likely N-dealkylation sites (tertiary alicyclic amines) is 1. The van der Waals surface area contributed by atoms with Gasteiger partial charge in [0.05, 0.1) is 5.52 Å². The van der Waals surface area contributed by atoms with Crippen LogP contribution in [0.4, 0.5) is 0 Å². The summed E-state index contributed by atoms with van der Waals surface area (Å²) < 4.78 is 0. The number of benzene rings is 1. The molecule has 0 aliphatic carbocycles. The quantitative estimate of drug-likeness (QED) is 0.763. The van der Waals surface area contributed by atoms with Gasteiger partial charge in [0, 0.05) is 24.0 Å². The van der Waals surface area contributed by atoms with E-state index >= 15 is 0 Å². The van der Waals surface area contributed by atoms with E-state index in [1.54, 1.807) is 0 Å². The first-order valence-electron chi connectivity index (χ1n) is 7.40. The molecule has 1 aromatic heterocycles. The molecular weight excluding hydrogens is 268 g/mol. The van der Waals surface area contributed by atoms with Gasteiger partial charge in [-0.1, -0.05) is 43.6 Å². The van der Waals surface area contributed by atoms with Gasteiger partial charge in [-0.2, -0.15) is 0 Å². The fraction of sp³-hybridized carbons (Fsp3) is 0.471. The van der Waals surface area contributed by atoms with E-state index in [2.05, 4.69) is 35.9 Å². The first-order valence-corrected chi connectivity index (χ1v) is 7.78. The van der Waals surface area contributed by atoms with Gasteiger partial charge in [-0.25, -0.2) is 4.98 Å². The van der Waals surface area contributed by atoms with Crippen LogP contribution in [0, 0.1) is 11.8 Å². The number of pyridine rings is 1. The summed E-state index contributed by atoms with van der Waals surface area (Å²) in [6.07, 6.45) is 1.28. The Kier molecular flexibility index (Phi) is 3.95. The number of hydrogen-bond donors (Lipinski definition) is 0. The van der Waals surface area contributed by atoms with E-state index in [9.17, 15) is 0 Å². The Bertz CT molecular complexity index is 611. The Balaban J connectivity index is 1.82. The third kappa shape index (κ3) is 2.82. The Hall–Kier alpha value is -1.12. The lowest BCUT2D eigenvalue weighted by molar-refractivity contribution is 0.132. The monoisotopic (exact) mass is 288 g/mol. The second kappa shape index (κ2) is 5.71. The zero-order valence-corrected chi connectivity index (χ0v) is 12.9. The van der Waals surface area contributed by atoms with Crippen molar-refractivity contribution in [3.8, 4) is 0 Å². The van der Waals surface area contributed by atoms with Crippen molar-refractivity contribution in [1.82, 2.24) is 9.88 Å². The summed E-state index contributed by atoms with van der Waals surface area (Å²) in [5.74, 6) is 1.59. The number of hydrogen-bond acceptors (Lipinski definition) is 2. The van der Waals surface area contributed by atoms with Gasteiger partial charge in [0.2, 0.25) is 0 Å². The average molecular weight is 289 g/mol. The molecule has 1 fully saturated rings. The SMILES string of the molecule is CC1CCN(Cc2cc3ccccc3nc2Cl)CC1C. The predicted octanol–water partition coefficient (Wildman–Crippen LogP) is 4.37. The molecule has 0 N–H and O–H groups in total. The summed E-state index contributed by atoms with van der Waals surface area (Å²) in [4.78, 5) is 7.02. The third-order valence-corrected chi connectivity index (χ3v) is 4.89. The molecule has 2 aromatic rings. The van der Waals surface area contributed by atoms with E-state index in [1.807, 2.05) is 18.2 Å². The lowest BCUT2D eigenvalue weighted by atomic mass is 9.88. The molecule has 1 aromatic carbocycles. The van der Waals surface area contributed by atoms with Gasteiger partial charge in [0.15, 0.2) is 0 Å². The fourth-order valence-corrected chi connectivity index (χ4v) is 3.19. The van der Waals surface area contributed by atoms with Gasteiger partial charge < -0.3 is 0 Å². The van der Waals surface area contributed by atoms with Crippen LogP contribution in [0.5, 0.6) is 0 Å². The second-order valence-corrected chi connectivity index (χ2v) is 6.47. The number of fused-ring (bicyclic) bond motifs is 1. The van der Waals surface area contributed by atoms with Crippen molar-refractivity contribution in [3.63, 3.8) is 0 Å². The van der Waals surface area contributed by atoms with Gasteiger partial charge in [0.1, 0.15) is 5.15 Å².